The highest BCUT2D eigenvalue weighted by molar-refractivity contribution is 6.01. The molecular formula is C21H22N2O6. The van der Waals surface area contributed by atoms with Crippen LogP contribution in [-0.2, 0) is 20.9 Å². The number of para-hydroxylation sites is 1. The molecule has 1 unspecified atom stereocenters. The van der Waals surface area contributed by atoms with Crippen LogP contribution in [0, 0.1) is 0 Å². The van der Waals surface area contributed by atoms with Gasteiger partial charge in [-0.1, -0.05) is 18.2 Å². The highest BCUT2D eigenvalue weighted by Gasteiger charge is 2.34. The van der Waals surface area contributed by atoms with Crippen molar-refractivity contribution in [3.05, 3.63) is 53.6 Å². The Bertz CT molecular complexity index is 920. The van der Waals surface area contributed by atoms with Gasteiger partial charge in [-0.25, -0.2) is 0 Å². The summed E-state index contributed by atoms with van der Waals surface area (Å²) in [6, 6.07) is 12.2. The topological polar surface area (TPSA) is 105 Å². The van der Waals surface area contributed by atoms with Crippen molar-refractivity contribution in [3.8, 4) is 11.5 Å². The van der Waals surface area contributed by atoms with Crippen LogP contribution in [0.25, 0.3) is 0 Å². The number of hydrogen-bond donors (Lipinski definition) is 2. The summed E-state index contributed by atoms with van der Waals surface area (Å²) in [5.41, 5.74) is 1.90. The molecule has 3 rings (SSSR count). The lowest BCUT2D eigenvalue weighted by atomic mass is 9.89. The molecule has 29 heavy (non-hydrogen) atoms. The molecule has 1 aliphatic rings. The molecule has 152 valence electrons. The summed E-state index contributed by atoms with van der Waals surface area (Å²) in [7, 11) is 3.02. The van der Waals surface area contributed by atoms with E-state index in [1.54, 1.807) is 42.5 Å². The molecule has 0 aliphatic carbocycles. The van der Waals surface area contributed by atoms with Crippen molar-refractivity contribution in [2.45, 2.75) is 18.9 Å². The van der Waals surface area contributed by atoms with Crippen LogP contribution in [0.15, 0.2) is 42.5 Å². The van der Waals surface area contributed by atoms with E-state index in [4.69, 9.17) is 9.47 Å². The minimum absolute atomic E-state index is 0.0343. The zero-order chi connectivity index (χ0) is 21.0. The van der Waals surface area contributed by atoms with Gasteiger partial charge in [0.2, 0.25) is 11.8 Å². The standard InChI is InChI=1S/C21H22N2O6/c1-28-14-7-13(8-15(9-14)29-2)11-23(12-20(25)26)21(27)17-10-19(24)22-18-6-4-3-5-16(17)18/h3-9,17H,10-12H2,1-2H3,(H,22,24)(H,25,26). The zero-order valence-electron chi connectivity index (χ0n) is 16.2. The molecule has 0 saturated carbocycles. The number of hydrogen-bond acceptors (Lipinski definition) is 5. The average Bonchev–Trinajstić information content (AvgIpc) is 2.71. The third-order valence-electron chi connectivity index (χ3n) is 4.72. The Morgan fingerprint density at radius 3 is 2.41 bits per heavy atom. The van der Waals surface area contributed by atoms with Crippen molar-refractivity contribution < 1.29 is 29.0 Å². The predicted molar refractivity (Wildman–Crippen MR) is 105 cm³/mol. The number of fused-ring (bicyclic) bond motifs is 1. The lowest BCUT2D eigenvalue weighted by Gasteiger charge is -2.30. The Balaban J connectivity index is 1.92. The number of rotatable bonds is 7. The maximum Gasteiger partial charge on any atom is 0.323 e. The molecule has 2 aromatic rings. The minimum Gasteiger partial charge on any atom is -0.497 e. The second-order valence-electron chi connectivity index (χ2n) is 6.70. The highest BCUT2D eigenvalue weighted by Crippen LogP contribution is 2.34. The number of carbonyl (C=O) groups excluding carboxylic acids is 2. The summed E-state index contributed by atoms with van der Waals surface area (Å²) in [6.07, 6.45) is -0.0343. The summed E-state index contributed by atoms with van der Waals surface area (Å²) in [5.74, 6) is -1.51. The first-order valence-corrected chi connectivity index (χ1v) is 9.02. The Morgan fingerprint density at radius 1 is 1.14 bits per heavy atom. The zero-order valence-corrected chi connectivity index (χ0v) is 16.2. The van der Waals surface area contributed by atoms with Gasteiger partial charge in [0.05, 0.1) is 20.1 Å². The van der Waals surface area contributed by atoms with Crippen LogP contribution in [-0.4, -0.2) is 48.6 Å². The molecule has 2 N–H and O–H groups in total. The summed E-state index contributed by atoms with van der Waals surface area (Å²) in [6.45, 7) is -0.447. The molecule has 2 amide bonds. The number of nitrogens with zero attached hydrogens (tertiary/aromatic N) is 1. The molecule has 1 heterocycles. The van der Waals surface area contributed by atoms with Crippen LogP contribution < -0.4 is 14.8 Å². The van der Waals surface area contributed by atoms with Gasteiger partial charge in [-0.2, -0.15) is 0 Å². The SMILES string of the molecule is COc1cc(CN(CC(=O)O)C(=O)C2CC(=O)Nc3ccccc32)cc(OC)c1. The van der Waals surface area contributed by atoms with Crippen molar-refractivity contribution in [1.82, 2.24) is 4.90 Å². The van der Waals surface area contributed by atoms with E-state index in [0.29, 0.717) is 28.3 Å². The summed E-state index contributed by atoms with van der Waals surface area (Å²) in [5, 5.41) is 12.1. The molecule has 0 saturated heterocycles. The molecule has 2 aromatic carbocycles. The number of anilines is 1. The molecule has 0 radical (unpaired) electrons. The Morgan fingerprint density at radius 2 is 1.79 bits per heavy atom. The van der Waals surface area contributed by atoms with Gasteiger partial charge in [0.25, 0.3) is 0 Å². The van der Waals surface area contributed by atoms with E-state index in [1.165, 1.54) is 19.1 Å². The first kappa shape index (κ1) is 20.2. The molecule has 0 spiro atoms. The number of nitrogens with one attached hydrogen (secondary N) is 1. The van der Waals surface area contributed by atoms with Crippen molar-refractivity contribution in [3.63, 3.8) is 0 Å². The lowest BCUT2D eigenvalue weighted by molar-refractivity contribution is -0.146. The number of carbonyl (C=O) groups is 3. The van der Waals surface area contributed by atoms with Gasteiger partial charge >= 0.3 is 5.97 Å². The summed E-state index contributed by atoms with van der Waals surface area (Å²) >= 11 is 0. The van der Waals surface area contributed by atoms with Gasteiger partial charge in [0.1, 0.15) is 18.0 Å². The summed E-state index contributed by atoms with van der Waals surface area (Å²) in [4.78, 5) is 38.0. The van der Waals surface area contributed by atoms with Crippen molar-refractivity contribution in [2.24, 2.45) is 0 Å². The first-order chi connectivity index (χ1) is 13.9. The number of benzene rings is 2. The van der Waals surface area contributed by atoms with Gasteiger partial charge in [0, 0.05) is 24.7 Å². The second kappa shape index (κ2) is 8.64. The van der Waals surface area contributed by atoms with E-state index in [0.717, 1.165) is 0 Å². The fourth-order valence-electron chi connectivity index (χ4n) is 3.41. The van der Waals surface area contributed by atoms with Crippen molar-refractivity contribution >= 4 is 23.5 Å². The van der Waals surface area contributed by atoms with Crippen molar-refractivity contribution in [1.29, 1.82) is 0 Å². The van der Waals surface area contributed by atoms with E-state index in [1.807, 2.05) is 0 Å². The van der Waals surface area contributed by atoms with Gasteiger partial charge in [-0.05, 0) is 29.3 Å². The molecule has 8 nitrogen and oxygen atoms in total. The van der Waals surface area contributed by atoms with Crippen LogP contribution in [0.2, 0.25) is 0 Å². The quantitative estimate of drug-likeness (QED) is 0.741. The Kier molecular flexibility index (Phi) is 6.01. The minimum atomic E-state index is -1.14. The van der Waals surface area contributed by atoms with Crippen LogP contribution >= 0.6 is 0 Å². The molecule has 0 bridgehead atoms. The van der Waals surface area contributed by atoms with E-state index in [2.05, 4.69) is 5.32 Å². The molecule has 1 atom stereocenters. The van der Waals surface area contributed by atoms with Crippen molar-refractivity contribution in [2.75, 3.05) is 26.1 Å². The Hall–Kier alpha value is -3.55. The van der Waals surface area contributed by atoms with E-state index < -0.39 is 24.3 Å². The number of carboxylic acids is 1. The number of ether oxygens (including phenoxy) is 2. The fourth-order valence-corrected chi connectivity index (χ4v) is 3.41. The third-order valence-corrected chi connectivity index (χ3v) is 4.72. The van der Waals surface area contributed by atoms with E-state index >= 15 is 0 Å². The molecule has 0 aromatic heterocycles. The highest BCUT2D eigenvalue weighted by atomic mass is 16.5. The van der Waals surface area contributed by atoms with Gasteiger partial charge in [0.15, 0.2) is 0 Å². The van der Waals surface area contributed by atoms with Gasteiger partial charge in [-0.3, -0.25) is 14.4 Å². The molecule has 1 aliphatic heterocycles. The smallest absolute Gasteiger partial charge is 0.323 e. The van der Waals surface area contributed by atoms with E-state index in [9.17, 15) is 19.5 Å². The largest absolute Gasteiger partial charge is 0.497 e. The predicted octanol–water partition coefficient (Wildman–Crippen LogP) is 2.24. The maximum absolute atomic E-state index is 13.3. The summed E-state index contributed by atoms with van der Waals surface area (Å²) < 4.78 is 10.5. The fraction of sp³-hybridized carbons (Fsp3) is 0.286. The number of aliphatic carboxylic acids is 1. The van der Waals surface area contributed by atoms with Crippen LogP contribution in [0.4, 0.5) is 5.69 Å². The second-order valence-corrected chi connectivity index (χ2v) is 6.70. The van der Waals surface area contributed by atoms with Crippen LogP contribution in [0.3, 0.4) is 0 Å². The Labute approximate surface area is 168 Å². The van der Waals surface area contributed by atoms with E-state index in [-0.39, 0.29) is 18.9 Å². The molecular weight excluding hydrogens is 376 g/mol. The normalized spacial score (nSPS) is 15.1. The number of methoxy groups -OCH3 is 2. The molecule has 8 heteroatoms. The van der Waals surface area contributed by atoms with Crippen LogP contribution in [0.5, 0.6) is 11.5 Å². The number of amides is 2. The third kappa shape index (κ3) is 4.66. The van der Waals surface area contributed by atoms with Crippen LogP contribution in [0.1, 0.15) is 23.5 Å². The maximum atomic E-state index is 13.3. The molecule has 0 fully saturated rings. The van der Waals surface area contributed by atoms with Gasteiger partial charge in [-0.15, -0.1) is 0 Å². The monoisotopic (exact) mass is 398 g/mol. The average molecular weight is 398 g/mol. The first-order valence-electron chi connectivity index (χ1n) is 9.02. The van der Waals surface area contributed by atoms with Gasteiger partial charge < -0.3 is 24.8 Å². The lowest BCUT2D eigenvalue weighted by Crippen LogP contribution is -2.40. The number of carboxylic acid groups (broad SMARTS) is 1.